The van der Waals surface area contributed by atoms with Crippen molar-refractivity contribution in [1.29, 1.82) is 0 Å². The van der Waals surface area contributed by atoms with E-state index in [1.165, 1.54) is 20.1 Å². The second-order valence-electron chi connectivity index (χ2n) is 11.6. The molecule has 2 amide bonds. The van der Waals surface area contributed by atoms with Crippen LogP contribution in [0.15, 0.2) is 60.7 Å². The lowest BCUT2D eigenvalue weighted by molar-refractivity contribution is -0.114. The molecule has 0 fully saturated rings. The summed E-state index contributed by atoms with van der Waals surface area (Å²) in [6.45, 7) is 6.84. The van der Waals surface area contributed by atoms with Crippen LogP contribution in [0.5, 0.6) is 11.5 Å². The number of nitrogens with one attached hydrogen (secondary N) is 1. The largest absolute Gasteiger partial charge is 0.465 e. The highest BCUT2D eigenvalue weighted by Crippen LogP contribution is 2.33. The Morgan fingerprint density at radius 1 is 1.05 bits per heavy atom. The quantitative estimate of drug-likeness (QED) is 0.273. The Morgan fingerprint density at radius 2 is 1.81 bits per heavy atom. The minimum Gasteiger partial charge on any atom is -0.465 e. The minimum atomic E-state index is -0.956. The number of carbonyl (C=O) groups excluding carboxylic acids is 3. The molecular weight excluding hydrogens is 572 g/mol. The molecule has 2 N–H and O–H groups in total. The lowest BCUT2D eigenvalue weighted by atomic mass is 9.87. The molecule has 9 nitrogen and oxygen atoms in total. The molecule has 0 saturated carbocycles. The first kappa shape index (κ1) is 31.8. The fraction of sp³-hybridized carbons (Fsp3) is 0.364. The Labute approximate surface area is 256 Å². The first-order chi connectivity index (χ1) is 20.3. The van der Waals surface area contributed by atoms with Gasteiger partial charge in [0.05, 0.1) is 25.3 Å². The van der Waals surface area contributed by atoms with Crippen molar-refractivity contribution in [3.05, 3.63) is 87.9 Å². The van der Waals surface area contributed by atoms with Crippen molar-refractivity contribution in [3.8, 4) is 11.5 Å². The molecule has 0 aliphatic heterocycles. The molecule has 0 saturated heterocycles. The molecule has 228 valence electrons. The van der Waals surface area contributed by atoms with Gasteiger partial charge < -0.3 is 29.5 Å². The zero-order chi connectivity index (χ0) is 31.3. The first-order valence-electron chi connectivity index (χ1n) is 14.0. The van der Waals surface area contributed by atoms with E-state index in [4.69, 9.17) is 25.8 Å². The molecule has 0 bridgehead atoms. The lowest BCUT2D eigenvalue weighted by Gasteiger charge is -2.37. The smallest absolute Gasteiger partial charge is 0.410 e. The third-order valence-electron chi connectivity index (χ3n) is 6.94. The Bertz CT molecular complexity index is 1500. The van der Waals surface area contributed by atoms with Crippen LogP contribution >= 0.6 is 11.6 Å². The molecule has 1 aliphatic rings. The number of anilines is 1. The highest BCUT2D eigenvalue weighted by Gasteiger charge is 2.33. The number of halogens is 1. The fourth-order valence-corrected chi connectivity index (χ4v) is 5.25. The van der Waals surface area contributed by atoms with Crippen LogP contribution in [0.25, 0.3) is 0 Å². The third kappa shape index (κ3) is 8.72. The van der Waals surface area contributed by atoms with Crippen LogP contribution in [0.2, 0.25) is 5.02 Å². The summed E-state index contributed by atoms with van der Waals surface area (Å²) in [5, 5.41) is 14.2. The van der Waals surface area contributed by atoms with Crippen LogP contribution in [0.1, 0.15) is 67.3 Å². The van der Waals surface area contributed by atoms with E-state index in [0.29, 0.717) is 40.6 Å². The van der Waals surface area contributed by atoms with Crippen molar-refractivity contribution in [2.75, 3.05) is 19.0 Å². The van der Waals surface area contributed by atoms with Crippen LogP contribution in [0, 0.1) is 0 Å². The molecule has 2 atom stereocenters. The van der Waals surface area contributed by atoms with Gasteiger partial charge in [0.15, 0.2) is 0 Å². The lowest BCUT2D eigenvalue weighted by Crippen LogP contribution is -2.47. The van der Waals surface area contributed by atoms with Crippen molar-refractivity contribution in [2.24, 2.45) is 0 Å². The number of nitrogens with zero attached hydrogens (tertiary/aromatic N) is 1. The van der Waals surface area contributed by atoms with E-state index in [1.807, 2.05) is 39.0 Å². The van der Waals surface area contributed by atoms with Crippen molar-refractivity contribution < 1.29 is 33.7 Å². The molecule has 0 spiro atoms. The number of aliphatic hydroxyl groups is 1. The first-order valence-corrected chi connectivity index (χ1v) is 14.4. The van der Waals surface area contributed by atoms with Gasteiger partial charge in [-0.2, -0.15) is 0 Å². The number of benzene rings is 3. The summed E-state index contributed by atoms with van der Waals surface area (Å²) in [6, 6.07) is 17.1. The molecule has 43 heavy (non-hydrogen) atoms. The Balaban J connectivity index is 1.59. The molecule has 0 heterocycles. The molecular formula is C33H37ClN2O7. The monoisotopic (exact) mass is 608 g/mol. The molecule has 3 aromatic carbocycles. The van der Waals surface area contributed by atoms with E-state index in [0.717, 1.165) is 17.5 Å². The Hall–Kier alpha value is -4.08. The number of carbonyl (C=O) groups is 3. The van der Waals surface area contributed by atoms with Gasteiger partial charge in [0.1, 0.15) is 17.1 Å². The van der Waals surface area contributed by atoms with E-state index in [2.05, 4.69) is 5.32 Å². The Kier molecular flexibility index (Phi) is 9.98. The Morgan fingerprint density at radius 3 is 2.49 bits per heavy atom. The number of hydrogen-bond donors (Lipinski definition) is 2. The SMILES string of the molecule is COC(=O)c1cc(NC(C)=O)cc(Oc2ccc3c(c2)C[C@@H](N(C[C@H](O)c2cccc(Cl)c2)C(=O)OC(C)(C)C)CC3)c1. The zero-order valence-electron chi connectivity index (χ0n) is 25.0. The van der Waals surface area contributed by atoms with E-state index in [-0.39, 0.29) is 24.1 Å². The molecule has 4 rings (SSSR count). The molecule has 10 heteroatoms. The average Bonchev–Trinajstić information content (AvgIpc) is 2.93. The van der Waals surface area contributed by atoms with Gasteiger partial charge in [-0.15, -0.1) is 0 Å². The number of aliphatic hydroxyl groups excluding tert-OH is 1. The predicted octanol–water partition coefficient (Wildman–Crippen LogP) is 6.71. The summed E-state index contributed by atoms with van der Waals surface area (Å²) in [5.74, 6) is 0.0206. The highest BCUT2D eigenvalue weighted by atomic mass is 35.5. The third-order valence-corrected chi connectivity index (χ3v) is 7.17. The topological polar surface area (TPSA) is 114 Å². The molecule has 0 radical (unpaired) electrons. The maximum atomic E-state index is 13.4. The van der Waals surface area contributed by atoms with Gasteiger partial charge in [0, 0.05) is 29.7 Å². The molecule has 1 aliphatic carbocycles. The number of methoxy groups -OCH3 is 1. The number of aryl methyl sites for hydroxylation is 1. The van der Waals surface area contributed by atoms with Gasteiger partial charge in [0.2, 0.25) is 5.91 Å². The number of fused-ring (bicyclic) bond motifs is 1. The van der Waals surface area contributed by atoms with E-state index in [9.17, 15) is 19.5 Å². The van der Waals surface area contributed by atoms with Crippen LogP contribution in [0.3, 0.4) is 0 Å². The molecule has 3 aromatic rings. The fourth-order valence-electron chi connectivity index (χ4n) is 5.05. The summed E-state index contributed by atoms with van der Waals surface area (Å²) >= 11 is 6.15. The van der Waals surface area contributed by atoms with Gasteiger partial charge >= 0.3 is 12.1 Å². The average molecular weight is 609 g/mol. The van der Waals surface area contributed by atoms with Crippen molar-refractivity contribution in [1.82, 2.24) is 4.90 Å². The molecule has 0 aromatic heterocycles. The van der Waals surface area contributed by atoms with E-state index >= 15 is 0 Å². The standard InChI is InChI=1S/C33H37ClN2O7/c1-20(37)35-26-14-24(31(39)41-5)17-29(18-26)42-28-12-10-21-9-11-27(15-23(21)16-28)36(32(40)43-33(2,3)4)19-30(38)22-7-6-8-25(34)13-22/h6-8,10,12-14,16-18,27,30,38H,9,11,15,19H2,1-5H3,(H,35,37)/t27-,30-/m0/s1. The van der Waals surface area contributed by atoms with Crippen LogP contribution in [-0.2, 0) is 27.1 Å². The number of hydrogen-bond acceptors (Lipinski definition) is 7. The van der Waals surface area contributed by atoms with Crippen molar-refractivity contribution in [3.63, 3.8) is 0 Å². The normalized spacial score (nSPS) is 15.1. The maximum Gasteiger partial charge on any atom is 0.410 e. The van der Waals surface area contributed by atoms with Crippen LogP contribution in [0.4, 0.5) is 10.5 Å². The second-order valence-corrected chi connectivity index (χ2v) is 12.0. The molecule has 0 unspecified atom stereocenters. The maximum absolute atomic E-state index is 13.4. The van der Waals surface area contributed by atoms with Gasteiger partial charge in [-0.05, 0) is 93.1 Å². The summed E-state index contributed by atoms with van der Waals surface area (Å²) < 4.78 is 16.7. The number of ether oxygens (including phenoxy) is 3. The zero-order valence-corrected chi connectivity index (χ0v) is 25.7. The van der Waals surface area contributed by atoms with Crippen molar-refractivity contribution >= 4 is 35.3 Å². The second kappa shape index (κ2) is 13.5. The van der Waals surface area contributed by atoms with E-state index < -0.39 is 23.8 Å². The van der Waals surface area contributed by atoms with Crippen LogP contribution in [-0.4, -0.2) is 53.3 Å². The van der Waals surface area contributed by atoms with Crippen LogP contribution < -0.4 is 10.1 Å². The summed E-state index contributed by atoms with van der Waals surface area (Å²) in [6.07, 6.45) is 0.475. The summed E-state index contributed by atoms with van der Waals surface area (Å²) in [7, 11) is 1.28. The predicted molar refractivity (Wildman–Crippen MR) is 164 cm³/mol. The van der Waals surface area contributed by atoms with Crippen molar-refractivity contribution in [2.45, 2.75) is 64.7 Å². The number of rotatable bonds is 8. The summed E-state index contributed by atoms with van der Waals surface area (Å²) in [5.41, 5.74) is 2.65. The number of esters is 1. The highest BCUT2D eigenvalue weighted by molar-refractivity contribution is 6.30. The van der Waals surface area contributed by atoms with Gasteiger partial charge in [-0.3, -0.25) is 4.79 Å². The minimum absolute atomic E-state index is 0.0394. The van der Waals surface area contributed by atoms with E-state index in [1.54, 1.807) is 41.3 Å². The summed E-state index contributed by atoms with van der Waals surface area (Å²) in [4.78, 5) is 38.9. The number of amides is 2. The van der Waals surface area contributed by atoms with Gasteiger partial charge in [-0.25, -0.2) is 9.59 Å². The van der Waals surface area contributed by atoms with Gasteiger partial charge in [-0.1, -0.05) is 29.8 Å². The van der Waals surface area contributed by atoms with Gasteiger partial charge in [0.25, 0.3) is 0 Å².